The van der Waals surface area contributed by atoms with Crippen molar-refractivity contribution >= 4 is 22.9 Å². The van der Waals surface area contributed by atoms with Gasteiger partial charge in [-0.05, 0) is 25.5 Å². The fourth-order valence-corrected chi connectivity index (χ4v) is 3.29. The highest BCUT2D eigenvalue weighted by Gasteiger charge is 2.18. The van der Waals surface area contributed by atoms with E-state index in [4.69, 9.17) is 22.1 Å². The molecule has 1 heterocycles. The van der Waals surface area contributed by atoms with Crippen molar-refractivity contribution in [2.45, 2.75) is 64.5 Å². The van der Waals surface area contributed by atoms with Gasteiger partial charge in [-0.2, -0.15) is 0 Å². The number of halogens is 1. The molecule has 19 heavy (non-hydrogen) atoms. The maximum Gasteiger partial charge on any atom is 0.106 e. The molecule has 0 radical (unpaired) electrons. The molecule has 0 aromatic carbocycles. The van der Waals surface area contributed by atoms with E-state index in [0.29, 0.717) is 0 Å². The Bertz CT molecular complexity index is 341. The maximum absolute atomic E-state index is 6.00. The molecular weight excluding hydrogens is 278 g/mol. The van der Waals surface area contributed by atoms with E-state index in [2.05, 4.69) is 6.92 Å². The van der Waals surface area contributed by atoms with Gasteiger partial charge in [0.05, 0.1) is 4.34 Å². The normalized spacial score (nSPS) is 14.5. The molecule has 0 fully saturated rings. The summed E-state index contributed by atoms with van der Waals surface area (Å²) in [4.78, 5) is 1.13. The van der Waals surface area contributed by atoms with Crippen LogP contribution in [0.5, 0.6) is 0 Å². The molecule has 2 unspecified atom stereocenters. The van der Waals surface area contributed by atoms with Crippen molar-refractivity contribution < 1.29 is 4.74 Å². The van der Waals surface area contributed by atoms with Crippen LogP contribution in [0.4, 0.5) is 0 Å². The molecule has 0 spiro atoms. The fourth-order valence-electron chi connectivity index (χ4n) is 2.07. The average molecular weight is 304 g/mol. The van der Waals surface area contributed by atoms with Crippen LogP contribution in [0.1, 0.15) is 63.4 Å². The van der Waals surface area contributed by atoms with Gasteiger partial charge in [0.2, 0.25) is 0 Å². The van der Waals surface area contributed by atoms with Crippen molar-refractivity contribution in [1.82, 2.24) is 0 Å². The van der Waals surface area contributed by atoms with E-state index >= 15 is 0 Å². The van der Waals surface area contributed by atoms with Crippen LogP contribution in [0, 0.1) is 0 Å². The minimum atomic E-state index is -0.0202. The van der Waals surface area contributed by atoms with E-state index in [1.807, 2.05) is 19.1 Å². The van der Waals surface area contributed by atoms with Crippen molar-refractivity contribution in [3.8, 4) is 0 Å². The summed E-state index contributed by atoms with van der Waals surface area (Å²) in [6, 6.07) is 3.92. The van der Waals surface area contributed by atoms with Gasteiger partial charge < -0.3 is 10.5 Å². The van der Waals surface area contributed by atoms with E-state index in [9.17, 15) is 0 Å². The summed E-state index contributed by atoms with van der Waals surface area (Å²) in [7, 11) is 0. The number of unbranched alkanes of at least 4 members (excludes halogenated alkanes) is 5. The zero-order chi connectivity index (χ0) is 14.1. The van der Waals surface area contributed by atoms with Crippen LogP contribution >= 0.6 is 22.9 Å². The third kappa shape index (κ3) is 6.75. The number of hydrogen-bond acceptors (Lipinski definition) is 3. The molecule has 0 saturated carbocycles. The summed E-state index contributed by atoms with van der Waals surface area (Å²) in [5.41, 5.74) is 6.00. The Kier molecular flexibility index (Phi) is 8.71. The summed E-state index contributed by atoms with van der Waals surface area (Å²) >= 11 is 7.52. The molecule has 2 nitrogen and oxygen atoms in total. The highest BCUT2D eigenvalue weighted by Crippen LogP contribution is 2.30. The molecule has 2 N–H and O–H groups in total. The number of ether oxygens (including phenoxy) is 1. The molecule has 0 bridgehead atoms. The van der Waals surface area contributed by atoms with E-state index in [-0.39, 0.29) is 12.1 Å². The van der Waals surface area contributed by atoms with Gasteiger partial charge in [-0.15, -0.1) is 11.3 Å². The number of thiophene rings is 1. The van der Waals surface area contributed by atoms with Crippen molar-refractivity contribution in [3.05, 3.63) is 21.3 Å². The van der Waals surface area contributed by atoms with Crippen LogP contribution in [0.3, 0.4) is 0 Å². The predicted octanol–water partition coefficient (Wildman–Crippen LogP) is 5.17. The van der Waals surface area contributed by atoms with Crippen molar-refractivity contribution in [2.75, 3.05) is 6.61 Å². The molecule has 2 atom stereocenters. The quantitative estimate of drug-likeness (QED) is 0.605. The summed E-state index contributed by atoms with van der Waals surface area (Å²) < 4.78 is 6.73. The van der Waals surface area contributed by atoms with Crippen LogP contribution in [0.25, 0.3) is 0 Å². The first-order valence-electron chi connectivity index (χ1n) is 7.27. The van der Waals surface area contributed by atoms with Crippen molar-refractivity contribution in [2.24, 2.45) is 5.73 Å². The molecule has 0 aliphatic carbocycles. The third-order valence-electron chi connectivity index (χ3n) is 3.15. The largest absolute Gasteiger partial charge is 0.371 e. The first kappa shape index (κ1) is 17.0. The zero-order valence-corrected chi connectivity index (χ0v) is 13.6. The van der Waals surface area contributed by atoms with Gasteiger partial charge in [-0.25, -0.2) is 0 Å². The highest BCUT2D eigenvalue weighted by atomic mass is 35.5. The second-order valence-corrected chi connectivity index (χ2v) is 6.81. The van der Waals surface area contributed by atoms with Crippen molar-refractivity contribution in [1.29, 1.82) is 0 Å². The van der Waals surface area contributed by atoms with E-state index in [0.717, 1.165) is 22.2 Å². The van der Waals surface area contributed by atoms with Crippen LogP contribution in [-0.4, -0.2) is 12.6 Å². The smallest absolute Gasteiger partial charge is 0.106 e. The second kappa shape index (κ2) is 9.76. The molecule has 0 saturated heterocycles. The molecule has 110 valence electrons. The topological polar surface area (TPSA) is 35.2 Å². The van der Waals surface area contributed by atoms with Crippen molar-refractivity contribution in [3.63, 3.8) is 0 Å². The lowest BCUT2D eigenvalue weighted by molar-refractivity contribution is 0.0382. The zero-order valence-electron chi connectivity index (χ0n) is 12.0. The lowest BCUT2D eigenvalue weighted by Crippen LogP contribution is -2.26. The minimum Gasteiger partial charge on any atom is -0.371 e. The first-order chi connectivity index (χ1) is 9.15. The van der Waals surface area contributed by atoms with Crippen LogP contribution < -0.4 is 5.73 Å². The number of hydrogen-bond donors (Lipinski definition) is 1. The summed E-state index contributed by atoms with van der Waals surface area (Å²) in [5, 5.41) is 0. The molecule has 0 amide bonds. The van der Waals surface area contributed by atoms with E-state index < -0.39 is 0 Å². The van der Waals surface area contributed by atoms with Gasteiger partial charge in [0.25, 0.3) is 0 Å². The summed E-state index contributed by atoms with van der Waals surface area (Å²) in [6.45, 7) is 5.01. The van der Waals surface area contributed by atoms with Gasteiger partial charge in [0.1, 0.15) is 6.10 Å². The lowest BCUT2D eigenvalue weighted by Gasteiger charge is -2.20. The SMILES string of the molecule is CCCCCCCCOC(c1ccc(Cl)s1)C(C)N. The van der Waals surface area contributed by atoms with Gasteiger partial charge in [-0.3, -0.25) is 0 Å². The van der Waals surface area contributed by atoms with Crippen LogP contribution in [0.15, 0.2) is 12.1 Å². The molecule has 1 aromatic heterocycles. The monoisotopic (exact) mass is 303 g/mol. The lowest BCUT2D eigenvalue weighted by atomic mass is 10.1. The third-order valence-corrected chi connectivity index (χ3v) is 4.44. The maximum atomic E-state index is 6.00. The molecular formula is C15H26ClNOS. The van der Waals surface area contributed by atoms with Gasteiger partial charge >= 0.3 is 0 Å². The first-order valence-corrected chi connectivity index (χ1v) is 8.47. The Balaban J connectivity index is 2.24. The Hall–Kier alpha value is -0.0900. The van der Waals surface area contributed by atoms with Crippen LogP contribution in [-0.2, 0) is 4.74 Å². The number of rotatable bonds is 10. The highest BCUT2D eigenvalue weighted by molar-refractivity contribution is 7.16. The fraction of sp³-hybridized carbons (Fsp3) is 0.733. The molecule has 1 aromatic rings. The minimum absolute atomic E-state index is 0.00481. The molecule has 0 aliphatic rings. The summed E-state index contributed by atoms with van der Waals surface area (Å²) in [6.07, 6.45) is 7.63. The predicted molar refractivity (Wildman–Crippen MR) is 85.0 cm³/mol. The van der Waals surface area contributed by atoms with E-state index in [1.54, 1.807) is 11.3 Å². The molecule has 4 heteroatoms. The Morgan fingerprint density at radius 1 is 1.21 bits per heavy atom. The van der Waals surface area contributed by atoms with Gasteiger partial charge in [-0.1, -0.05) is 50.6 Å². The van der Waals surface area contributed by atoms with E-state index in [1.165, 1.54) is 32.1 Å². The molecule has 0 aliphatic heterocycles. The Labute approximate surface area is 126 Å². The molecule has 1 rings (SSSR count). The van der Waals surface area contributed by atoms with Crippen LogP contribution in [0.2, 0.25) is 4.34 Å². The second-order valence-electron chi connectivity index (χ2n) is 5.06. The van der Waals surface area contributed by atoms with Gasteiger partial charge in [0.15, 0.2) is 0 Å². The average Bonchev–Trinajstić information content (AvgIpc) is 2.78. The number of nitrogens with two attached hydrogens (primary N) is 1. The Morgan fingerprint density at radius 2 is 1.89 bits per heavy atom. The summed E-state index contributed by atoms with van der Waals surface area (Å²) in [5.74, 6) is 0. The Morgan fingerprint density at radius 3 is 2.47 bits per heavy atom. The standard InChI is InChI=1S/C15H26ClNOS/c1-3-4-5-6-7-8-11-18-15(12(2)17)13-9-10-14(16)19-13/h9-10,12,15H,3-8,11,17H2,1-2H3. The van der Waals surface area contributed by atoms with Gasteiger partial charge in [0, 0.05) is 17.5 Å².